The van der Waals surface area contributed by atoms with E-state index in [1.807, 2.05) is 45.9 Å². The van der Waals surface area contributed by atoms with Crippen LogP contribution in [0.2, 0.25) is 0 Å². The second kappa shape index (κ2) is 11.3. The van der Waals surface area contributed by atoms with Crippen LogP contribution in [0, 0.1) is 19.8 Å². The van der Waals surface area contributed by atoms with Crippen molar-refractivity contribution in [3.05, 3.63) is 63.2 Å². The number of para-hydroxylation sites is 1. The molecule has 8 heteroatoms. The number of ether oxygens (including phenoxy) is 2. The number of fused-ring (bicyclic) bond motifs is 1. The number of Topliss-reactive ketones (excluding diaryl/α,β-unsaturated/α-hetero) is 1. The molecule has 39 heavy (non-hydrogen) atoms. The summed E-state index contributed by atoms with van der Waals surface area (Å²) in [6.07, 6.45) is 1.99. The number of amides is 1. The van der Waals surface area contributed by atoms with Crippen molar-refractivity contribution in [3.63, 3.8) is 0 Å². The molecule has 4 rings (SSSR count). The van der Waals surface area contributed by atoms with Gasteiger partial charge >= 0.3 is 6.09 Å². The minimum Gasteiger partial charge on any atom is -0.496 e. The number of pyridine rings is 1. The van der Waals surface area contributed by atoms with E-state index in [-0.39, 0.29) is 29.9 Å². The van der Waals surface area contributed by atoms with Crippen molar-refractivity contribution in [2.75, 3.05) is 20.2 Å². The highest BCUT2D eigenvalue weighted by Gasteiger charge is 2.32. The molecule has 0 spiro atoms. The third-order valence-corrected chi connectivity index (χ3v) is 7.77. The summed E-state index contributed by atoms with van der Waals surface area (Å²) in [4.78, 5) is 43.4. The predicted molar refractivity (Wildman–Crippen MR) is 153 cm³/mol. The maximum absolute atomic E-state index is 13.7. The molecule has 210 valence electrons. The smallest absolute Gasteiger partial charge is 0.410 e. The third kappa shape index (κ3) is 6.05. The molecule has 0 aliphatic carbocycles. The summed E-state index contributed by atoms with van der Waals surface area (Å²) in [6, 6.07) is 9.97. The molecule has 0 saturated carbocycles. The molecule has 1 saturated heterocycles. The molecule has 1 unspecified atom stereocenters. The molecule has 3 heterocycles. The van der Waals surface area contributed by atoms with Crippen LogP contribution < -0.4 is 10.3 Å². The van der Waals surface area contributed by atoms with E-state index in [1.54, 1.807) is 17.9 Å². The van der Waals surface area contributed by atoms with Crippen LogP contribution in [0.25, 0.3) is 10.9 Å². The molecule has 1 aliphatic heterocycles. The van der Waals surface area contributed by atoms with Gasteiger partial charge in [0.25, 0.3) is 5.56 Å². The Labute approximate surface area is 230 Å². The fraction of sp³-hybridized carbons (Fsp3) is 0.516. The van der Waals surface area contributed by atoms with Crippen LogP contribution in [-0.4, -0.2) is 52.1 Å². The molecule has 1 N–H and O–H groups in total. The van der Waals surface area contributed by atoms with E-state index in [0.29, 0.717) is 42.3 Å². The standard InChI is InChI=1S/C31H41N3O5/c1-19-18-27(38-7)24(29(36)32-19)12-13-26(35)28-21(3)34(25-11-9-8-10-23(25)28)20(2)22-14-16-33(17-15-22)30(37)39-31(4,5)6/h8-11,18,20,22H,12-17H2,1-7H3,(H,32,36). The van der Waals surface area contributed by atoms with Crippen LogP contribution >= 0.6 is 0 Å². The zero-order valence-corrected chi connectivity index (χ0v) is 24.2. The number of aromatic amines is 1. The first-order valence-electron chi connectivity index (χ1n) is 13.8. The van der Waals surface area contributed by atoms with Crippen molar-refractivity contribution >= 4 is 22.8 Å². The molecule has 1 amide bonds. The van der Waals surface area contributed by atoms with E-state index in [9.17, 15) is 14.4 Å². The molecule has 1 aromatic carbocycles. The lowest BCUT2D eigenvalue weighted by Crippen LogP contribution is -2.42. The van der Waals surface area contributed by atoms with Gasteiger partial charge < -0.3 is 23.9 Å². The van der Waals surface area contributed by atoms with Crippen LogP contribution in [0.4, 0.5) is 4.79 Å². The number of hydrogen-bond donors (Lipinski definition) is 1. The summed E-state index contributed by atoms with van der Waals surface area (Å²) in [5.41, 5.74) is 3.17. The van der Waals surface area contributed by atoms with Crippen molar-refractivity contribution in [2.24, 2.45) is 5.92 Å². The second-order valence-corrected chi connectivity index (χ2v) is 11.6. The van der Waals surface area contributed by atoms with Crippen molar-refractivity contribution in [1.29, 1.82) is 0 Å². The summed E-state index contributed by atoms with van der Waals surface area (Å²) in [5, 5.41) is 0.933. The molecule has 8 nitrogen and oxygen atoms in total. The lowest BCUT2D eigenvalue weighted by Gasteiger charge is -2.36. The molecule has 1 atom stereocenters. The predicted octanol–water partition coefficient (Wildman–Crippen LogP) is 5.98. The number of nitrogens with zero attached hydrogens (tertiary/aromatic N) is 2. The summed E-state index contributed by atoms with van der Waals surface area (Å²) in [6.45, 7) is 13.0. The van der Waals surface area contributed by atoms with Gasteiger partial charge in [0, 0.05) is 53.4 Å². The second-order valence-electron chi connectivity index (χ2n) is 11.6. The Morgan fingerprint density at radius 3 is 2.44 bits per heavy atom. The SMILES string of the molecule is COc1cc(C)[nH]c(=O)c1CCC(=O)c1c(C)n(C(C)C2CCN(C(=O)OC(C)(C)C)CC2)c2ccccc12. The Hall–Kier alpha value is -3.55. The number of aromatic nitrogens is 2. The van der Waals surface area contributed by atoms with Gasteiger partial charge in [-0.1, -0.05) is 18.2 Å². The lowest BCUT2D eigenvalue weighted by atomic mass is 9.90. The van der Waals surface area contributed by atoms with E-state index in [0.717, 1.165) is 35.1 Å². The Morgan fingerprint density at radius 2 is 1.79 bits per heavy atom. The number of carbonyl (C=O) groups excluding carboxylic acids is 2. The summed E-state index contributed by atoms with van der Waals surface area (Å²) in [7, 11) is 1.54. The number of benzene rings is 1. The summed E-state index contributed by atoms with van der Waals surface area (Å²) >= 11 is 0. The zero-order chi connectivity index (χ0) is 28.5. The third-order valence-electron chi connectivity index (χ3n) is 7.77. The molecule has 0 bridgehead atoms. The lowest BCUT2D eigenvalue weighted by molar-refractivity contribution is 0.0165. The minimum atomic E-state index is -0.510. The van der Waals surface area contributed by atoms with Crippen molar-refractivity contribution in [1.82, 2.24) is 14.5 Å². The number of H-pyrrole nitrogens is 1. The molecule has 1 aliphatic rings. The Bertz CT molecular complexity index is 1420. The van der Waals surface area contributed by atoms with Crippen LogP contribution in [-0.2, 0) is 11.2 Å². The van der Waals surface area contributed by atoms with Gasteiger partial charge in [0.05, 0.1) is 12.7 Å². The number of piperidine rings is 1. The van der Waals surface area contributed by atoms with Gasteiger partial charge in [-0.3, -0.25) is 9.59 Å². The van der Waals surface area contributed by atoms with Crippen LogP contribution in [0.5, 0.6) is 5.75 Å². The van der Waals surface area contributed by atoms with Gasteiger partial charge in [-0.25, -0.2) is 4.79 Å². The molecule has 0 radical (unpaired) electrons. The number of likely N-dealkylation sites (tertiary alicyclic amines) is 1. The van der Waals surface area contributed by atoms with Gasteiger partial charge in [0.1, 0.15) is 11.4 Å². The number of carbonyl (C=O) groups is 2. The van der Waals surface area contributed by atoms with Crippen LogP contribution in [0.1, 0.15) is 80.3 Å². The van der Waals surface area contributed by atoms with Crippen molar-refractivity contribution in [3.8, 4) is 5.75 Å². The zero-order valence-electron chi connectivity index (χ0n) is 24.2. The van der Waals surface area contributed by atoms with Gasteiger partial charge in [0.2, 0.25) is 0 Å². The van der Waals surface area contributed by atoms with Gasteiger partial charge in [-0.15, -0.1) is 0 Å². The van der Waals surface area contributed by atoms with Crippen molar-refractivity contribution < 1.29 is 19.1 Å². The van der Waals surface area contributed by atoms with E-state index in [2.05, 4.69) is 22.5 Å². The highest BCUT2D eigenvalue weighted by Crippen LogP contribution is 2.36. The normalized spacial score (nSPS) is 15.4. The van der Waals surface area contributed by atoms with Gasteiger partial charge in [-0.05, 0) is 78.9 Å². The van der Waals surface area contributed by atoms with Crippen LogP contribution in [0.15, 0.2) is 35.1 Å². The Morgan fingerprint density at radius 1 is 1.13 bits per heavy atom. The van der Waals surface area contributed by atoms with Gasteiger partial charge in [0.15, 0.2) is 5.78 Å². The number of aryl methyl sites for hydroxylation is 1. The van der Waals surface area contributed by atoms with Crippen LogP contribution in [0.3, 0.4) is 0 Å². The first-order chi connectivity index (χ1) is 18.4. The Balaban J connectivity index is 1.55. The highest BCUT2D eigenvalue weighted by atomic mass is 16.6. The monoisotopic (exact) mass is 535 g/mol. The first-order valence-corrected chi connectivity index (χ1v) is 13.8. The van der Waals surface area contributed by atoms with E-state index < -0.39 is 5.60 Å². The van der Waals surface area contributed by atoms with E-state index in [1.165, 1.54) is 7.11 Å². The number of hydrogen-bond acceptors (Lipinski definition) is 5. The fourth-order valence-electron chi connectivity index (χ4n) is 5.84. The minimum absolute atomic E-state index is 0.0106. The average Bonchev–Trinajstić information content (AvgIpc) is 3.17. The van der Waals surface area contributed by atoms with E-state index >= 15 is 0 Å². The maximum atomic E-state index is 13.7. The maximum Gasteiger partial charge on any atom is 0.410 e. The quantitative estimate of drug-likeness (QED) is 0.376. The largest absolute Gasteiger partial charge is 0.496 e. The number of methoxy groups -OCH3 is 1. The number of ketones is 1. The molecular weight excluding hydrogens is 494 g/mol. The number of nitrogens with one attached hydrogen (secondary N) is 1. The molecule has 2 aromatic heterocycles. The van der Waals surface area contributed by atoms with E-state index in [4.69, 9.17) is 9.47 Å². The molecule has 3 aromatic rings. The number of rotatable bonds is 7. The fourth-order valence-corrected chi connectivity index (χ4v) is 5.84. The van der Waals surface area contributed by atoms with Gasteiger partial charge in [-0.2, -0.15) is 0 Å². The molecule has 1 fully saturated rings. The average molecular weight is 536 g/mol. The van der Waals surface area contributed by atoms with Crippen molar-refractivity contribution in [2.45, 2.75) is 78.9 Å². The summed E-state index contributed by atoms with van der Waals surface area (Å²) in [5.74, 6) is 0.877. The topological polar surface area (TPSA) is 93.6 Å². The molecular formula is C31H41N3O5. The highest BCUT2D eigenvalue weighted by molar-refractivity contribution is 6.09. The first kappa shape index (κ1) is 28.5. The summed E-state index contributed by atoms with van der Waals surface area (Å²) < 4.78 is 13.3. The Kier molecular flexibility index (Phi) is 8.23.